The standard InChI is InChI=1S/C13H22O3/c1-11(14)16-9-4-2-3-6-12-7-5-8-13(15)10-12/h12H,2-10H2,1H3/t12-/m0/s1. The molecule has 3 nitrogen and oxygen atoms in total. The molecule has 1 fully saturated rings. The molecule has 0 radical (unpaired) electrons. The first-order valence-electron chi connectivity index (χ1n) is 6.33. The summed E-state index contributed by atoms with van der Waals surface area (Å²) in [5.41, 5.74) is 0. The molecule has 1 rings (SSSR count). The van der Waals surface area contributed by atoms with Gasteiger partial charge in [-0.3, -0.25) is 9.59 Å². The van der Waals surface area contributed by atoms with Crippen molar-refractivity contribution in [1.82, 2.24) is 0 Å². The van der Waals surface area contributed by atoms with Gasteiger partial charge in [-0.05, 0) is 25.2 Å². The summed E-state index contributed by atoms with van der Waals surface area (Å²) in [4.78, 5) is 21.7. The third kappa shape index (κ3) is 5.89. The van der Waals surface area contributed by atoms with Gasteiger partial charge in [0, 0.05) is 19.8 Å². The van der Waals surface area contributed by atoms with Gasteiger partial charge in [0.15, 0.2) is 0 Å². The first kappa shape index (κ1) is 13.2. The van der Waals surface area contributed by atoms with Crippen molar-refractivity contribution in [2.24, 2.45) is 5.92 Å². The average Bonchev–Trinajstić information content (AvgIpc) is 2.23. The van der Waals surface area contributed by atoms with Gasteiger partial charge in [-0.15, -0.1) is 0 Å². The summed E-state index contributed by atoms with van der Waals surface area (Å²) < 4.78 is 4.86. The predicted octanol–water partition coefficient (Wildman–Crippen LogP) is 2.87. The van der Waals surface area contributed by atoms with Gasteiger partial charge in [-0.1, -0.05) is 19.3 Å². The molecule has 0 heterocycles. The van der Waals surface area contributed by atoms with Crippen LogP contribution < -0.4 is 0 Å². The zero-order valence-corrected chi connectivity index (χ0v) is 10.2. The van der Waals surface area contributed by atoms with Gasteiger partial charge in [-0.2, -0.15) is 0 Å². The Balaban J connectivity index is 1.94. The lowest BCUT2D eigenvalue weighted by Gasteiger charge is -2.20. The Hall–Kier alpha value is -0.860. The molecule has 0 amide bonds. The predicted molar refractivity (Wildman–Crippen MR) is 62.1 cm³/mol. The molecule has 3 heteroatoms. The molecule has 0 spiro atoms. The fourth-order valence-corrected chi connectivity index (χ4v) is 2.29. The van der Waals surface area contributed by atoms with Crippen molar-refractivity contribution in [3.63, 3.8) is 0 Å². The van der Waals surface area contributed by atoms with Crippen LogP contribution in [0.1, 0.15) is 58.3 Å². The normalized spacial score (nSPS) is 20.8. The molecule has 1 aliphatic rings. The second-order valence-corrected chi connectivity index (χ2v) is 4.69. The molecule has 0 aromatic rings. The van der Waals surface area contributed by atoms with E-state index in [1.54, 1.807) is 0 Å². The number of Topliss-reactive ketones (excluding diaryl/α,β-unsaturated/α-hetero) is 1. The summed E-state index contributed by atoms with van der Waals surface area (Å²) in [6.45, 7) is 1.98. The fraction of sp³-hybridized carbons (Fsp3) is 0.846. The average molecular weight is 226 g/mol. The first-order valence-corrected chi connectivity index (χ1v) is 6.33. The zero-order valence-electron chi connectivity index (χ0n) is 10.2. The topological polar surface area (TPSA) is 43.4 Å². The van der Waals surface area contributed by atoms with E-state index >= 15 is 0 Å². The van der Waals surface area contributed by atoms with E-state index in [4.69, 9.17) is 4.74 Å². The number of rotatable bonds is 6. The van der Waals surface area contributed by atoms with Crippen molar-refractivity contribution >= 4 is 11.8 Å². The number of carbonyl (C=O) groups excluding carboxylic acids is 2. The second-order valence-electron chi connectivity index (χ2n) is 4.69. The Morgan fingerprint density at radius 2 is 2.19 bits per heavy atom. The first-order chi connectivity index (χ1) is 7.68. The molecule has 16 heavy (non-hydrogen) atoms. The number of ketones is 1. The molecule has 0 aromatic heterocycles. The molecule has 0 aliphatic heterocycles. The lowest BCUT2D eigenvalue weighted by molar-refractivity contribution is -0.141. The minimum absolute atomic E-state index is 0.196. The van der Waals surface area contributed by atoms with E-state index in [9.17, 15) is 9.59 Å². The summed E-state index contributed by atoms with van der Waals surface area (Å²) in [5, 5.41) is 0. The van der Waals surface area contributed by atoms with Gasteiger partial charge in [0.05, 0.1) is 6.61 Å². The maximum atomic E-state index is 11.2. The van der Waals surface area contributed by atoms with Crippen LogP contribution in [-0.4, -0.2) is 18.4 Å². The minimum atomic E-state index is -0.196. The van der Waals surface area contributed by atoms with E-state index in [1.165, 1.54) is 13.3 Å². The van der Waals surface area contributed by atoms with Crippen LogP contribution in [0.5, 0.6) is 0 Å². The Morgan fingerprint density at radius 1 is 1.38 bits per heavy atom. The van der Waals surface area contributed by atoms with Crippen LogP contribution in [0.4, 0.5) is 0 Å². The van der Waals surface area contributed by atoms with Gasteiger partial charge in [0.25, 0.3) is 0 Å². The van der Waals surface area contributed by atoms with Gasteiger partial charge < -0.3 is 4.74 Å². The number of carbonyl (C=O) groups is 2. The van der Waals surface area contributed by atoms with E-state index in [1.807, 2.05) is 0 Å². The molecule has 0 aromatic carbocycles. The Morgan fingerprint density at radius 3 is 2.88 bits per heavy atom. The number of unbranched alkanes of at least 4 members (excludes halogenated alkanes) is 2. The van der Waals surface area contributed by atoms with E-state index < -0.39 is 0 Å². The largest absolute Gasteiger partial charge is 0.466 e. The highest BCUT2D eigenvalue weighted by atomic mass is 16.5. The van der Waals surface area contributed by atoms with Crippen molar-refractivity contribution in [1.29, 1.82) is 0 Å². The molecule has 1 saturated carbocycles. The second kappa shape index (κ2) is 7.42. The van der Waals surface area contributed by atoms with Crippen molar-refractivity contribution in [2.45, 2.75) is 58.3 Å². The highest BCUT2D eigenvalue weighted by Gasteiger charge is 2.18. The summed E-state index contributed by atoms with van der Waals surface area (Å²) in [7, 11) is 0. The van der Waals surface area contributed by atoms with Crippen LogP contribution in [0.3, 0.4) is 0 Å². The molecule has 0 unspecified atom stereocenters. The SMILES string of the molecule is CC(=O)OCCCCC[C@H]1CCCC(=O)C1. The number of hydrogen-bond donors (Lipinski definition) is 0. The smallest absolute Gasteiger partial charge is 0.302 e. The maximum Gasteiger partial charge on any atom is 0.302 e. The Labute approximate surface area is 97.5 Å². The van der Waals surface area contributed by atoms with Crippen LogP contribution in [0.15, 0.2) is 0 Å². The molecular formula is C13H22O3. The summed E-state index contributed by atoms with van der Waals surface area (Å²) in [6.07, 6.45) is 8.24. The van der Waals surface area contributed by atoms with Crippen LogP contribution >= 0.6 is 0 Å². The van der Waals surface area contributed by atoms with Gasteiger partial charge in [0.2, 0.25) is 0 Å². The number of hydrogen-bond acceptors (Lipinski definition) is 3. The fourth-order valence-electron chi connectivity index (χ4n) is 2.29. The monoisotopic (exact) mass is 226 g/mol. The lowest BCUT2D eigenvalue weighted by atomic mass is 9.85. The zero-order chi connectivity index (χ0) is 11.8. The molecule has 0 N–H and O–H groups in total. The maximum absolute atomic E-state index is 11.2. The Kier molecular flexibility index (Phi) is 6.12. The highest BCUT2D eigenvalue weighted by molar-refractivity contribution is 5.79. The van der Waals surface area contributed by atoms with Gasteiger partial charge in [-0.25, -0.2) is 0 Å². The van der Waals surface area contributed by atoms with Gasteiger partial charge >= 0.3 is 5.97 Å². The molecule has 0 saturated heterocycles. The highest BCUT2D eigenvalue weighted by Crippen LogP contribution is 2.25. The van der Waals surface area contributed by atoms with E-state index in [0.717, 1.165) is 44.9 Å². The molecular weight excluding hydrogens is 204 g/mol. The Bertz CT molecular complexity index is 235. The quantitative estimate of drug-likeness (QED) is 0.516. The third-order valence-electron chi connectivity index (χ3n) is 3.15. The van der Waals surface area contributed by atoms with Crippen LogP contribution in [0.25, 0.3) is 0 Å². The van der Waals surface area contributed by atoms with E-state index in [0.29, 0.717) is 18.3 Å². The van der Waals surface area contributed by atoms with Crippen molar-refractivity contribution < 1.29 is 14.3 Å². The van der Waals surface area contributed by atoms with Crippen LogP contribution in [0, 0.1) is 5.92 Å². The number of ether oxygens (including phenoxy) is 1. The summed E-state index contributed by atoms with van der Waals surface area (Å²) >= 11 is 0. The molecule has 92 valence electrons. The van der Waals surface area contributed by atoms with Crippen molar-refractivity contribution in [2.75, 3.05) is 6.61 Å². The van der Waals surface area contributed by atoms with Gasteiger partial charge in [0.1, 0.15) is 5.78 Å². The molecule has 1 atom stereocenters. The number of esters is 1. The van der Waals surface area contributed by atoms with Crippen LogP contribution in [-0.2, 0) is 14.3 Å². The third-order valence-corrected chi connectivity index (χ3v) is 3.15. The lowest BCUT2D eigenvalue weighted by Crippen LogP contribution is -2.14. The molecule has 0 bridgehead atoms. The van der Waals surface area contributed by atoms with E-state index in [2.05, 4.69) is 0 Å². The van der Waals surface area contributed by atoms with Crippen LogP contribution in [0.2, 0.25) is 0 Å². The summed E-state index contributed by atoms with van der Waals surface area (Å²) in [5.74, 6) is 0.865. The molecule has 1 aliphatic carbocycles. The van der Waals surface area contributed by atoms with E-state index in [-0.39, 0.29) is 5.97 Å². The summed E-state index contributed by atoms with van der Waals surface area (Å²) in [6, 6.07) is 0. The minimum Gasteiger partial charge on any atom is -0.466 e. The van der Waals surface area contributed by atoms with Crippen molar-refractivity contribution in [3.05, 3.63) is 0 Å². The van der Waals surface area contributed by atoms with Crippen molar-refractivity contribution in [3.8, 4) is 0 Å².